The third-order valence-electron chi connectivity index (χ3n) is 2.65. The molecule has 0 bridgehead atoms. The van der Waals surface area contributed by atoms with E-state index < -0.39 is 0 Å². The van der Waals surface area contributed by atoms with E-state index in [0.717, 1.165) is 36.8 Å². The van der Waals surface area contributed by atoms with Gasteiger partial charge in [0.15, 0.2) is 5.82 Å². The fourth-order valence-electron chi connectivity index (χ4n) is 1.61. The third kappa shape index (κ3) is 2.74. The Balaban J connectivity index is 2.18. The van der Waals surface area contributed by atoms with Crippen molar-refractivity contribution in [3.63, 3.8) is 0 Å². The van der Waals surface area contributed by atoms with Crippen LogP contribution in [0.5, 0.6) is 0 Å². The molecule has 5 nitrogen and oxygen atoms in total. The molecule has 0 saturated heterocycles. The van der Waals surface area contributed by atoms with Crippen LogP contribution in [-0.4, -0.2) is 40.2 Å². The van der Waals surface area contributed by atoms with Crippen LogP contribution in [0.3, 0.4) is 0 Å². The van der Waals surface area contributed by atoms with Gasteiger partial charge in [0.1, 0.15) is 0 Å². The summed E-state index contributed by atoms with van der Waals surface area (Å²) in [4.78, 5) is 6.46. The Morgan fingerprint density at radius 2 is 2.24 bits per heavy atom. The molecule has 92 valence electrons. The summed E-state index contributed by atoms with van der Waals surface area (Å²) < 4.78 is 7.38. The van der Waals surface area contributed by atoms with Gasteiger partial charge in [-0.25, -0.2) is 4.98 Å². The zero-order valence-electron chi connectivity index (χ0n) is 10.6. The third-order valence-corrected chi connectivity index (χ3v) is 2.65. The summed E-state index contributed by atoms with van der Waals surface area (Å²) >= 11 is 0. The van der Waals surface area contributed by atoms with E-state index in [1.807, 2.05) is 12.3 Å². The van der Waals surface area contributed by atoms with E-state index in [9.17, 15) is 0 Å². The molecule has 2 rings (SSSR count). The summed E-state index contributed by atoms with van der Waals surface area (Å²) in [6, 6.07) is 1.95. The minimum atomic E-state index is 0.741. The van der Waals surface area contributed by atoms with E-state index in [1.54, 1.807) is 6.20 Å². The van der Waals surface area contributed by atoms with E-state index in [4.69, 9.17) is 4.52 Å². The standard InChI is InChI=1S/C12H18N4O/c1-4-10-9-11(17-14-10)12-13-5-6-16(12)8-7-15(2)3/h5-6,9H,4,7-8H2,1-3H3. The van der Waals surface area contributed by atoms with Crippen molar-refractivity contribution in [1.29, 1.82) is 0 Å². The molecule has 0 radical (unpaired) electrons. The average Bonchev–Trinajstić information content (AvgIpc) is 2.94. The van der Waals surface area contributed by atoms with Crippen molar-refractivity contribution >= 4 is 0 Å². The van der Waals surface area contributed by atoms with Crippen molar-refractivity contribution in [3.05, 3.63) is 24.2 Å². The van der Waals surface area contributed by atoms with Crippen LogP contribution in [0.1, 0.15) is 12.6 Å². The molecule has 5 heteroatoms. The predicted octanol–water partition coefficient (Wildman–Crippen LogP) is 1.66. The second kappa shape index (κ2) is 5.14. The summed E-state index contributed by atoms with van der Waals surface area (Å²) in [5, 5.41) is 3.99. The number of aromatic nitrogens is 3. The van der Waals surface area contributed by atoms with Crippen LogP contribution < -0.4 is 0 Å². The monoisotopic (exact) mass is 234 g/mol. The van der Waals surface area contributed by atoms with Crippen LogP contribution in [0.4, 0.5) is 0 Å². The van der Waals surface area contributed by atoms with Gasteiger partial charge in [-0.1, -0.05) is 12.1 Å². The zero-order valence-corrected chi connectivity index (χ0v) is 10.6. The molecule has 0 aliphatic rings. The van der Waals surface area contributed by atoms with Crippen LogP contribution in [0.25, 0.3) is 11.6 Å². The first-order valence-electron chi connectivity index (χ1n) is 5.82. The van der Waals surface area contributed by atoms with E-state index in [1.165, 1.54) is 0 Å². The molecule has 2 aromatic rings. The number of hydrogen-bond acceptors (Lipinski definition) is 4. The fourth-order valence-corrected chi connectivity index (χ4v) is 1.61. The number of imidazole rings is 1. The van der Waals surface area contributed by atoms with Crippen molar-refractivity contribution in [3.8, 4) is 11.6 Å². The highest BCUT2D eigenvalue weighted by Crippen LogP contribution is 2.18. The second-order valence-electron chi connectivity index (χ2n) is 4.28. The predicted molar refractivity (Wildman–Crippen MR) is 65.7 cm³/mol. The lowest BCUT2D eigenvalue weighted by Gasteiger charge is -2.10. The molecule has 0 aromatic carbocycles. The average molecular weight is 234 g/mol. The minimum absolute atomic E-state index is 0.741. The molecule has 17 heavy (non-hydrogen) atoms. The Bertz CT molecular complexity index is 472. The SMILES string of the molecule is CCc1cc(-c2nccn2CCN(C)C)on1. The Morgan fingerprint density at radius 3 is 2.88 bits per heavy atom. The second-order valence-corrected chi connectivity index (χ2v) is 4.28. The van der Waals surface area contributed by atoms with Gasteiger partial charge in [0.2, 0.25) is 5.76 Å². The van der Waals surface area contributed by atoms with Gasteiger partial charge in [-0.05, 0) is 20.5 Å². The maximum Gasteiger partial charge on any atom is 0.202 e. The summed E-state index contributed by atoms with van der Waals surface area (Å²) in [6.45, 7) is 3.92. The van der Waals surface area contributed by atoms with Gasteiger partial charge < -0.3 is 14.0 Å². The molecule has 0 atom stereocenters. The minimum Gasteiger partial charge on any atom is -0.353 e. The summed E-state index contributed by atoms with van der Waals surface area (Å²) in [6.07, 6.45) is 4.63. The quantitative estimate of drug-likeness (QED) is 0.789. The number of rotatable bonds is 5. The molecule has 0 fully saturated rings. The van der Waals surface area contributed by atoms with Gasteiger partial charge >= 0.3 is 0 Å². The molecular weight excluding hydrogens is 216 g/mol. The molecule has 2 aromatic heterocycles. The first kappa shape index (κ1) is 11.9. The van der Waals surface area contributed by atoms with E-state index in [0.29, 0.717) is 0 Å². The maximum absolute atomic E-state index is 5.30. The largest absolute Gasteiger partial charge is 0.353 e. The van der Waals surface area contributed by atoms with Gasteiger partial charge in [-0.15, -0.1) is 0 Å². The summed E-state index contributed by atoms with van der Waals surface area (Å²) in [5.74, 6) is 1.59. The fraction of sp³-hybridized carbons (Fsp3) is 0.500. The van der Waals surface area contributed by atoms with E-state index >= 15 is 0 Å². The number of aryl methyl sites for hydroxylation is 1. The van der Waals surface area contributed by atoms with Crippen molar-refractivity contribution in [2.45, 2.75) is 19.9 Å². The van der Waals surface area contributed by atoms with Gasteiger partial charge in [-0.2, -0.15) is 0 Å². The number of likely N-dealkylation sites (N-methyl/N-ethyl adjacent to an activating group) is 1. The lowest BCUT2D eigenvalue weighted by atomic mass is 10.3. The van der Waals surface area contributed by atoms with Crippen LogP contribution >= 0.6 is 0 Å². The summed E-state index contributed by atoms with van der Waals surface area (Å²) in [5.41, 5.74) is 0.960. The number of nitrogens with zero attached hydrogens (tertiary/aromatic N) is 4. The molecule has 0 unspecified atom stereocenters. The van der Waals surface area contributed by atoms with Crippen molar-refractivity contribution in [1.82, 2.24) is 19.6 Å². The lowest BCUT2D eigenvalue weighted by Crippen LogP contribution is -2.18. The highest BCUT2D eigenvalue weighted by Gasteiger charge is 2.11. The smallest absolute Gasteiger partial charge is 0.202 e. The van der Waals surface area contributed by atoms with Gasteiger partial charge in [0, 0.05) is 31.5 Å². The Morgan fingerprint density at radius 1 is 1.41 bits per heavy atom. The zero-order chi connectivity index (χ0) is 12.3. The number of hydrogen-bond donors (Lipinski definition) is 0. The van der Waals surface area contributed by atoms with Crippen molar-refractivity contribution < 1.29 is 4.52 Å². The first-order chi connectivity index (χ1) is 8.20. The highest BCUT2D eigenvalue weighted by atomic mass is 16.5. The highest BCUT2D eigenvalue weighted by molar-refractivity contribution is 5.47. The van der Waals surface area contributed by atoms with Crippen LogP contribution in [0, 0.1) is 0 Å². The Kier molecular flexibility index (Phi) is 3.58. The van der Waals surface area contributed by atoms with E-state index in [-0.39, 0.29) is 0 Å². The van der Waals surface area contributed by atoms with E-state index in [2.05, 4.69) is 40.6 Å². The normalized spacial score (nSPS) is 11.3. The van der Waals surface area contributed by atoms with Crippen LogP contribution in [0.2, 0.25) is 0 Å². The van der Waals surface area contributed by atoms with Gasteiger partial charge in [0.05, 0.1) is 5.69 Å². The maximum atomic E-state index is 5.30. The Hall–Kier alpha value is -1.62. The topological polar surface area (TPSA) is 47.1 Å². The molecule has 0 aliphatic carbocycles. The first-order valence-corrected chi connectivity index (χ1v) is 5.82. The van der Waals surface area contributed by atoms with Gasteiger partial charge in [0.25, 0.3) is 0 Å². The van der Waals surface area contributed by atoms with Crippen LogP contribution in [-0.2, 0) is 13.0 Å². The van der Waals surface area contributed by atoms with Crippen molar-refractivity contribution in [2.75, 3.05) is 20.6 Å². The Labute approximate surface area is 101 Å². The molecule has 0 amide bonds. The van der Waals surface area contributed by atoms with Crippen LogP contribution in [0.15, 0.2) is 23.0 Å². The molecule has 0 N–H and O–H groups in total. The lowest BCUT2D eigenvalue weighted by molar-refractivity contribution is 0.381. The molecular formula is C12H18N4O. The van der Waals surface area contributed by atoms with Crippen molar-refractivity contribution in [2.24, 2.45) is 0 Å². The van der Waals surface area contributed by atoms with Gasteiger partial charge in [-0.3, -0.25) is 0 Å². The molecule has 0 spiro atoms. The molecule has 2 heterocycles. The molecule has 0 aliphatic heterocycles. The summed E-state index contributed by atoms with van der Waals surface area (Å²) in [7, 11) is 4.11. The molecule has 0 saturated carbocycles.